The zero-order valence-electron chi connectivity index (χ0n) is 19.6. The number of aromatic nitrogens is 5. The predicted octanol–water partition coefficient (Wildman–Crippen LogP) is 4.92. The maximum Gasteiger partial charge on any atom is 0.249 e. The van der Waals surface area contributed by atoms with Gasteiger partial charge >= 0.3 is 0 Å². The van der Waals surface area contributed by atoms with Crippen molar-refractivity contribution in [3.05, 3.63) is 90.8 Å². The molecule has 176 valence electrons. The predicted molar refractivity (Wildman–Crippen MR) is 133 cm³/mol. The highest BCUT2D eigenvalue weighted by Gasteiger charge is 2.25. The number of imidazole rings is 1. The highest BCUT2D eigenvalue weighted by Crippen LogP contribution is 2.25. The molecule has 0 fully saturated rings. The summed E-state index contributed by atoms with van der Waals surface area (Å²) < 4.78 is 7.62. The monoisotopic (exact) mass is 466 g/mol. The second-order valence-corrected chi connectivity index (χ2v) is 8.67. The van der Waals surface area contributed by atoms with Gasteiger partial charge in [-0.3, -0.25) is 14.3 Å². The smallest absolute Gasteiger partial charge is 0.249 e. The number of pyridine rings is 1. The number of hydrogen-bond donors (Lipinski definition) is 1. The van der Waals surface area contributed by atoms with Crippen molar-refractivity contribution in [1.29, 1.82) is 0 Å². The minimum atomic E-state index is -0.390. The molecule has 0 aliphatic heterocycles. The first-order chi connectivity index (χ1) is 17.1. The number of carbonyl (C=O) groups excluding carboxylic acids is 1. The quantitative estimate of drug-likeness (QED) is 0.349. The average Bonchev–Trinajstić information content (AvgIpc) is 3.52. The van der Waals surface area contributed by atoms with E-state index >= 15 is 0 Å². The van der Waals surface area contributed by atoms with Gasteiger partial charge in [-0.25, -0.2) is 4.98 Å². The van der Waals surface area contributed by atoms with Crippen LogP contribution in [0.25, 0.3) is 28.1 Å². The van der Waals surface area contributed by atoms with E-state index in [1.54, 1.807) is 12.4 Å². The van der Waals surface area contributed by atoms with Crippen molar-refractivity contribution in [1.82, 2.24) is 30.0 Å². The summed E-state index contributed by atoms with van der Waals surface area (Å²) in [5, 5.41) is 7.16. The normalized spacial score (nSPS) is 12.2. The molecule has 0 aliphatic rings. The zero-order chi connectivity index (χ0) is 24.2. The fourth-order valence-corrected chi connectivity index (χ4v) is 4.07. The molecule has 1 atom stereocenters. The molecule has 8 heteroatoms. The second kappa shape index (κ2) is 9.89. The van der Waals surface area contributed by atoms with Crippen molar-refractivity contribution in [3.63, 3.8) is 0 Å². The van der Waals surface area contributed by atoms with Crippen molar-refractivity contribution >= 4 is 16.9 Å². The molecular weight excluding hydrogens is 440 g/mol. The van der Waals surface area contributed by atoms with Crippen molar-refractivity contribution in [2.75, 3.05) is 0 Å². The van der Waals surface area contributed by atoms with Gasteiger partial charge in [0.2, 0.25) is 17.6 Å². The Bertz CT molecular complexity index is 1430. The topological polar surface area (TPSA) is 98.7 Å². The number of nitrogens with zero attached hydrogens (tertiary/aromatic N) is 5. The minimum absolute atomic E-state index is 0.0681. The number of fused-ring (bicyclic) bond motifs is 1. The molecule has 0 spiro atoms. The zero-order valence-corrected chi connectivity index (χ0v) is 19.6. The van der Waals surface area contributed by atoms with Gasteiger partial charge in [0, 0.05) is 36.5 Å². The Morgan fingerprint density at radius 3 is 2.49 bits per heavy atom. The van der Waals surface area contributed by atoms with Gasteiger partial charge in [0.15, 0.2) is 0 Å². The Morgan fingerprint density at radius 2 is 1.71 bits per heavy atom. The van der Waals surface area contributed by atoms with E-state index in [2.05, 4.69) is 25.0 Å². The van der Waals surface area contributed by atoms with Crippen LogP contribution in [0.4, 0.5) is 0 Å². The summed E-state index contributed by atoms with van der Waals surface area (Å²) >= 11 is 0. The lowest BCUT2D eigenvalue weighted by Gasteiger charge is -2.18. The number of hydrogen-bond acceptors (Lipinski definition) is 6. The molecule has 8 nitrogen and oxygen atoms in total. The molecule has 1 unspecified atom stereocenters. The number of para-hydroxylation sites is 3. The lowest BCUT2D eigenvalue weighted by molar-refractivity contribution is -0.122. The van der Waals surface area contributed by atoms with E-state index < -0.39 is 6.04 Å². The number of aryl methyl sites for hydroxylation is 1. The Hall–Kier alpha value is -4.33. The first-order valence-corrected chi connectivity index (χ1v) is 11.7. The van der Waals surface area contributed by atoms with Crippen LogP contribution in [0.15, 0.2) is 83.6 Å². The average molecular weight is 467 g/mol. The van der Waals surface area contributed by atoms with E-state index in [9.17, 15) is 4.79 Å². The highest BCUT2D eigenvalue weighted by atomic mass is 16.5. The van der Waals surface area contributed by atoms with Crippen LogP contribution in [0, 0.1) is 5.92 Å². The van der Waals surface area contributed by atoms with Crippen LogP contribution in [0.5, 0.6) is 0 Å². The second-order valence-electron chi connectivity index (χ2n) is 8.67. The van der Waals surface area contributed by atoms with Crippen molar-refractivity contribution in [2.24, 2.45) is 5.92 Å². The summed E-state index contributed by atoms with van der Waals surface area (Å²) in [6, 6.07) is 21.3. The van der Waals surface area contributed by atoms with Crippen molar-refractivity contribution in [3.8, 4) is 17.1 Å². The summed E-state index contributed by atoms with van der Waals surface area (Å²) in [5.41, 5.74) is 3.75. The lowest BCUT2D eigenvalue weighted by atomic mass is 10.0. The van der Waals surface area contributed by atoms with E-state index in [4.69, 9.17) is 9.51 Å². The molecule has 1 N–H and O–H groups in total. The molecule has 0 aliphatic carbocycles. The third kappa shape index (κ3) is 4.82. The minimum Gasteiger partial charge on any atom is -0.344 e. The van der Waals surface area contributed by atoms with Gasteiger partial charge in [-0.05, 0) is 42.3 Å². The van der Waals surface area contributed by atoms with E-state index in [1.165, 1.54) is 0 Å². The van der Waals surface area contributed by atoms with Crippen LogP contribution in [-0.2, 0) is 11.2 Å². The van der Waals surface area contributed by atoms with Gasteiger partial charge in [0.25, 0.3) is 0 Å². The van der Waals surface area contributed by atoms with E-state index in [0.717, 1.165) is 28.1 Å². The van der Waals surface area contributed by atoms with Crippen LogP contribution in [-0.4, -0.2) is 30.6 Å². The van der Waals surface area contributed by atoms with Crippen LogP contribution in [0.3, 0.4) is 0 Å². The number of rotatable bonds is 8. The number of amides is 1. The van der Waals surface area contributed by atoms with Crippen molar-refractivity contribution in [2.45, 2.75) is 32.7 Å². The molecular formula is C27H26N6O2. The number of carbonyl (C=O) groups is 1. The summed E-state index contributed by atoms with van der Waals surface area (Å²) in [5.74, 6) is 1.67. The summed E-state index contributed by atoms with van der Waals surface area (Å²) in [6.45, 7) is 4.02. The van der Waals surface area contributed by atoms with E-state index in [0.29, 0.717) is 18.1 Å². The maximum atomic E-state index is 13.0. The highest BCUT2D eigenvalue weighted by molar-refractivity contribution is 5.79. The first kappa shape index (κ1) is 22.5. The molecule has 3 aromatic heterocycles. The maximum absolute atomic E-state index is 13.0. The van der Waals surface area contributed by atoms with Gasteiger partial charge in [-0.1, -0.05) is 49.3 Å². The lowest BCUT2D eigenvalue weighted by Crippen LogP contribution is -2.32. The molecule has 1 amide bonds. The molecule has 0 saturated heterocycles. The molecule has 35 heavy (non-hydrogen) atoms. The Labute approximate surface area is 203 Å². The molecule has 2 aromatic carbocycles. The largest absolute Gasteiger partial charge is 0.344 e. The fourth-order valence-electron chi connectivity index (χ4n) is 4.07. The number of benzene rings is 2. The SMILES string of the molecule is CC(C)C(NC(=O)CCc1nc2ccccc2n1-c1ccccc1)c1nc(-c2ccncc2)no1. The van der Waals surface area contributed by atoms with Gasteiger partial charge in [0.1, 0.15) is 11.9 Å². The van der Waals surface area contributed by atoms with E-state index in [1.807, 2.05) is 80.6 Å². The summed E-state index contributed by atoms with van der Waals surface area (Å²) in [6.07, 6.45) is 4.13. The Balaban J connectivity index is 1.33. The molecule has 0 saturated carbocycles. The molecule has 0 bridgehead atoms. The van der Waals surface area contributed by atoms with Gasteiger partial charge in [-0.2, -0.15) is 4.98 Å². The van der Waals surface area contributed by atoms with Crippen LogP contribution in [0.1, 0.15) is 38.0 Å². The molecule has 0 radical (unpaired) electrons. The molecule has 5 aromatic rings. The van der Waals surface area contributed by atoms with Gasteiger partial charge in [0.05, 0.1) is 11.0 Å². The third-order valence-corrected chi connectivity index (χ3v) is 5.85. The standard InChI is InChI=1S/C27H26N6O2/c1-18(2)25(27-31-26(32-35-27)19-14-16-28-17-15-19)30-24(34)13-12-23-29-21-10-6-7-11-22(21)33(23)20-8-4-3-5-9-20/h3-11,14-18,25H,12-13H2,1-2H3,(H,30,34). The third-order valence-electron chi connectivity index (χ3n) is 5.85. The fraction of sp³-hybridized carbons (Fsp3) is 0.222. The Kier molecular flexibility index (Phi) is 6.34. The summed E-state index contributed by atoms with van der Waals surface area (Å²) in [4.78, 5) is 26.3. The van der Waals surface area contributed by atoms with Crippen LogP contribution in [0.2, 0.25) is 0 Å². The van der Waals surface area contributed by atoms with Gasteiger partial charge < -0.3 is 9.84 Å². The number of nitrogens with one attached hydrogen (secondary N) is 1. The molecule has 3 heterocycles. The first-order valence-electron chi connectivity index (χ1n) is 11.7. The summed E-state index contributed by atoms with van der Waals surface area (Å²) in [7, 11) is 0. The van der Waals surface area contributed by atoms with Gasteiger partial charge in [-0.15, -0.1) is 0 Å². The van der Waals surface area contributed by atoms with E-state index in [-0.39, 0.29) is 18.2 Å². The van der Waals surface area contributed by atoms with Crippen molar-refractivity contribution < 1.29 is 9.32 Å². The van der Waals surface area contributed by atoms with Crippen LogP contribution >= 0.6 is 0 Å². The molecule has 5 rings (SSSR count). The van der Waals surface area contributed by atoms with Crippen LogP contribution < -0.4 is 5.32 Å². The Morgan fingerprint density at radius 1 is 0.971 bits per heavy atom.